The van der Waals surface area contributed by atoms with Crippen LogP contribution in [0.15, 0.2) is 30.3 Å². The number of amides is 1. The lowest BCUT2D eigenvalue weighted by Gasteiger charge is -2.07. The van der Waals surface area contributed by atoms with E-state index >= 15 is 0 Å². The quantitative estimate of drug-likeness (QED) is 0.933. The molecule has 0 aliphatic heterocycles. The third-order valence-electron chi connectivity index (χ3n) is 2.80. The van der Waals surface area contributed by atoms with Gasteiger partial charge < -0.3 is 5.32 Å². The fourth-order valence-electron chi connectivity index (χ4n) is 1.88. The summed E-state index contributed by atoms with van der Waals surface area (Å²) in [5, 5.41) is 7.66. The van der Waals surface area contributed by atoms with Crippen LogP contribution in [0.5, 0.6) is 0 Å². The van der Waals surface area contributed by atoms with E-state index in [-0.39, 0.29) is 5.91 Å². The Labute approximate surface area is 117 Å². The first kappa shape index (κ1) is 13.6. The van der Waals surface area contributed by atoms with Crippen LogP contribution < -0.4 is 5.32 Å². The van der Waals surface area contributed by atoms with E-state index in [1.54, 1.807) is 12.1 Å². The molecule has 1 heterocycles. The first-order valence-electron chi connectivity index (χ1n) is 6.11. The van der Waals surface area contributed by atoms with Crippen LogP contribution in [0.4, 0.5) is 5.69 Å². The maximum atomic E-state index is 11.8. The molecule has 0 atom stereocenters. The Hall–Kier alpha value is -1.81. The number of halogens is 1. The monoisotopic (exact) mass is 277 g/mol. The molecule has 0 saturated heterocycles. The summed E-state index contributed by atoms with van der Waals surface area (Å²) in [4.78, 5) is 11.8. The van der Waals surface area contributed by atoms with Crippen LogP contribution in [-0.4, -0.2) is 15.7 Å². The molecular weight excluding hydrogens is 262 g/mol. The lowest BCUT2D eigenvalue weighted by atomic mass is 10.3. The van der Waals surface area contributed by atoms with Crippen molar-refractivity contribution >= 4 is 23.2 Å². The number of para-hydroxylation sites is 1. The van der Waals surface area contributed by atoms with Crippen LogP contribution in [0.25, 0.3) is 0 Å². The van der Waals surface area contributed by atoms with Crippen molar-refractivity contribution in [1.29, 1.82) is 0 Å². The molecule has 2 rings (SSSR count). The van der Waals surface area contributed by atoms with Gasteiger partial charge in [-0.25, -0.2) is 0 Å². The summed E-state index contributed by atoms with van der Waals surface area (Å²) >= 11 is 5.98. The molecule has 1 aromatic carbocycles. The number of nitrogens with zero attached hydrogens (tertiary/aromatic N) is 2. The molecule has 1 N–H and O–H groups in total. The number of nitrogens with one attached hydrogen (secondary N) is 1. The van der Waals surface area contributed by atoms with E-state index in [4.69, 9.17) is 11.6 Å². The minimum Gasteiger partial charge on any atom is -0.325 e. The molecule has 1 aromatic heterocycles. The Kier molecular flexibility index (Phi) is 4.22. The fourth-order valence-corrected chi connectivity index (χ4v) is 2.07. The zero-order chi connectivity index (χ0) is 13.8. The lowest BCUT2D eigenvalue weighted by Crippen LogP contribution is -2.15. The van der Waals surface area contributed by atoms with Crippen LogP contribution in [0.1, 0.15) is 17.8 Å². The molecule has 5 heteroatoms. The highest BCUT2D eigenvalue weighted by molar-refractivity contribution is 6.33. The first-order chi connectivity index (χ1) is 9.06. The number of aryl methyl sites for hydroxylation is 3. The first-order valence-corrected chi connectivity index (χ1v) is 6.49. The zero-order valence-corrected chi connectivity index (χ0v) is 11.7. The molecule has 0 fully saturated rings. The van der Waals surface area contributed by atoms with Crippen molar-refractivity contribution in [1.82, 2.24) is 9.78 Å². The molecule has 0 unspecified atom stereocenters. The van der Waals surface area contributed by atoms with Gasteiger partial charge in [-0.3, -0.25) is 9.48 Å². The molecule has 0 aliphatic carbocycles. The average molecular weight is 278 g/mol. The maximum Gasteiger partial charge on any atom is 0.226 e. The van der Waals surface area contributed by atoms with Crippen molar-refractivity contribution in [3.63, 3.8) is 0 Å². The molecule has 0 radical (unpaired) electrons. The minimum atomic E-state index is -0.0688. The number of anilines is 1. The van der Waals surface area contributed by atoms with Gasteiger partial charge >= 0.3 is 0 Å². The second kappa shape index (κ2) is 5.89. The smallest absolute Gasteiger partial charge is 0.226 e. The number of benzene rings is 1. The molecule has 19 heavy (non-hydrogen) atoms. The molecule has 100 valence electrons. The van der Waals surface area contributed by atoms with Crippen molar-refractivity contribution in [3.8, 4) is 0 Å². The van der Waals surface area contributed by atoms with Gasteiger partial charge in [-0.05, 0) is 32.0 Å². The summed E-state index contributed by atoms with van der Waals surface area (Å²) in [5.41, 5.74) is 2.66. The molecule has 0 saturated carbocycles. The van der Waals surface area contributed by atoms with E-state index in [1.807, 2.05) is 36.7 Å². The number of carbonyl (C=O) groups is 1. The summed E-state index contributed by atoms with van der Waals surface area (Å²) in [6, 6.07) is 9.18. The third-order valence-corrected chi connectivity index (χ3v) is 3.13. The van der Waals surface area contributed by atoms with Crippen LogP contribution in [0.3, 0.4) is 0 Å². The fraction of sp³-hybridized carbons (Fsp3) is 0.286. The Morgan fingerprint density at radius 3 is 2.74 bits per heavy atom. The Morgan fingerprint density at radius 2 is 2.11 bits per heavy atom. The van der Waals surface area contributed by atoms with Crippen molar-refractivity contribution in [2.75, 3.05) is 5.32 Å². The van der Waals surface area contributed by atoms with Crippen molar-refractivity contribution < 1.29 is 4.79 Å². The van der Waals surface area contributed by atoms with Gasteiger partial charge in [-0.15, -0.1) is 0 Å². The predicted molar refractivity (Wildman–Crippen MR) is 76.4 cm³/mol. The van der Waals surface area contributed by atoms with Crippen LogP contribution in [0.2, 0.25) is 5.02 Å². The minimum absolute atomic E-state index is 0.0688. The van der Waals surface area contributed by atoms with Gasteiger partial charge in [-0.1, -0.05) is 23.7 Å². The molecule has 2 aromatic rings. The second-order valence-electron chi connectivity index (χ2n) is 4.43. The van der Waals surface area contributed by atoms with Gasteiger partial charge in [0.15, 0.2) is 0 Å². The van der Waals surface area contributed by atoms with E-state index in [1.165, 1.54) is 0 Å². The van der Waals surface area contributed by atoms with E-state index in [0.717, 1.165) is 11.4 Å². The van der Waals surface area contributed by atoms with Gasteiger partial charge in [-0.2, -0.15) is 5.10 Å². The number of aromatic nitrogens is 2. The van der Waals surface area contributed by atoms with Gasteiger partial charge in [0.05, 0.1) is 16.4 Å². The second-order valence-corrected chi connectivity index (χ2v) is 4.84. The highest BCUT2D eigenvalue weighted by Crippen LogP contribution is 2.20. The van der Waals surface area contributed by atoms with E-state index in [2.05, 4.69) is 10.4 Å². The van der Waals surface area contributed by atoms with Crippen LogP contribution in [0, 0.1) is 13.8 Å². The molecule has 0 aliphatic rings. The Bertz CT molecular complexity index is 592. The highest BCUT2D eigenvalue weighted by Gasteiger charge is 2.07. The topological polar surface area (TPSA) is 46.9 Å². The van der Waals surface area contributed by atoms with Crippen LogP contribution in [-0.2, 0) is 11.3 Å². The lowest BCUT2D eigenvalue weighted by molar-refractivity contribution is -0.116. The average Bonchev–Trinajstić information content (AvgIpc) is 2.68. The molecule has 0 spiro atoms. The highest BCUT2D eigenvalue weighted by atomic mass is 35.5. The van der Waals surface area contributed by atoms with Gasteiger partial charge in [0.25, 0.3) is 0 Å². The predicted octanol–water partition coefficient (Wildman–Crippen LogP) is 3.18. The van der Waals surface area contributed by atoms with E-state index in [9.17, 15) is 4.79 Å². The Morgan fingerprint density at radius 1 is 1.37 bits per heavy atom. The number of rotatable bonds is 4. The molecule has 1 amide bonds. The SMILES string of the molecule is Cc1cc(C)n(CCC(=O)Nc2ccccc2Cl)n1. The number of hydrogen-bond donors (Lipinski definition) is 1. The summed E-state index contributed by atoms with van der Waals surface area (Å²) < 4.78 is 1.83. The van der Waals surface area contributed by atoms with E-state index in [0.29, 0.717) is 23.7 Å². The summed E-state index contributed by atoms with van der Waals surface area (Å²) in [5.74, 6) is -0.0688. The maximum absolute atomic E-state index is 11.8. The normalized spacial score (nSPS) is 10.5. The summed E-state index contributed by atoms with van der Waals surface area (Å²) in [6.45, 7) is 4.48. The molecular formula is C14H16ClN3O. The summed E-state index contributed by atoms with van der Waals surface area (Å²) in [7, 11) is 0. The van der Waals surface area contributed by atoms with Crippen molar-refractivity contribution in [2.45, 2.75) is 26.8 Å². The zero-order valence-electron chi connectivity index (χ0n) is 11.0. The largest absolute Gasteiger partial charge is 0.325 e. The van der Waals surface area contributed by atoms with E-state index < -0.39 is 0 Å². The Balaban J connectivity index is 1.92. The molecule has 4 nitrogen and oxygen atoms in total. The number of carbonyl (C=O) groups excluding carboxylic acids is 1. The van der Waals surface area contributed by atoms with Crippen LogP contribution >= 0.6 is 11.6 Å². The third kappa shape index (κ3) is 3.58. The van der Waals surface area contributed by atoms with Crippen molar-refractivity contribution in [3.05, 3.63) is 46.7 Å². The van der Waals surface area contributed by atoms with Gasteiger partial charge in [0.1, 0.15) is 0 Å². The standard InChI is InChI=1S/C14H16ClN3O/c1-10-9-11(2)18(17-10)8-7-14(19)16-13-6-4-3-5-12(13)15/h3-6,9H,7-8H2,1-2H3,(H,16,19). The van der Waals surface area contributed by atoms with Crippen molar-refractivity contribution in [2.24, 2.45) is 0 Å². The van der Waals surface area contributed by atoms with Gasteiger partial charge in [0.2, 0.25) is 5.91 Å². The molecule has 0 bridgehead atoms. The summed E-state index contributed by atoms with van der Waals surface area (Å²) in [6.07, 6.45) is 0.368. The number of hydrogen-bond acceptors (Lipinski definition) is 2. The van der Waals surface area contributed by atoms with Gasteiger partial charge in [0, 0.05) is 18.7 Å².